The standard InChI is InChI=1S/C11H22N2/c1-11(2)9(10(11)12)7-8-5-4-6-13(8)3/h8-10H,4-7,12H2,1-3H3/t8?,9-,10-/m0/s1. The summed E-state index contributed by atoms with van der Waals surface area (Å²) in [5.41, 5.74) is 6.47. The molecule has 1 heterocycles. The lowest BCUT2D eigenvalue weighted by atomic mass is 10.0. The molecule has 0 amide bonds. The van der Waals surface area contributed by atoms with E-state index in [1.807, 2.05) is 0 Å². The topological polar surface area (TPSA) is 29.3 Å². The van der Waals surface area contributed by atoms with Crippen LogP contribution < -0.4 is 5.73 Å². The fourth-order valence-corrected chi connectivity index (χ4v) is 2.81. The second kappa shape index (κ2) is 2.96. The van der Waals surface area contributed by atoms with Crippen molar-refractivity contribution in [3.63, 3.8) is 0 Å². The summed E-state index contributed by atoms with van der Waals surface area (Å²) in [5, 5.41) is 0. The molecule has 1 saturated carbocycles. The molecule has 13 heavy (non-hydrogen) atoms. The van der Waals surface area contributed by atoms with Gasteiger partial charge in [0.25, 0.3) is 0 Å². The summed E-state index contributed by atoms with van der Waals surface area (Å²) in [6, 6.07) is 1.28. The zero-order valence-electron chi connectivity index (χ0n) is 9.09. The minimum Gasteiger partial charge on any atom is -0.327 e. The summed E-state index contributed by atoms with van der Waals surface area (Å²) >= 11 is 0. The zero-order chi connectivity index (χ0) is 9.64. The van der Waals surface area contributed by atoms with Gasteiger partial charge in [0.15, 0.2) is 0 Å². The lowest BCUT2D eigenvalue weighted by molar-refractivity contribution is 0.276. The minimum atomic E-state index is 0.420. The van der Waals surface area contributed by atoms with E-state index in [2.05, 4.69) is 25.8 Å². The van der Waals surface area contributed by atoms with Crippen molar-refractivity contribution >= 4 is 0 Å². The van der Waals surface area contributed by atoms with Crippen LogP contribution in [0.3, 0.4) is 0 Å². The molecule has 0 aromatic heterocycles. The van der Waals surface area contributed by atoms with Crippen LogP contribution in [0.5, 0.6) is 0 Å². The average Bonchev–Trinajstić information content (AvgIpc) is 2.48. The minimum absolute atomic E-state index is 0.420. The van der Waals surface area contributed by atoms with E-state index in [9.17, 15) is 0 Å². The molecule has 1 aliphatic carbocycles. The Balaban J connectivity index is 1.86. The van der Waals surface area contributed by atoms with Crippen LogP contribution in [0.25, 0.3) is 0 Å². The van der Waals surface area contributed by atoms with Crippen molar-refractivity contribution in [3.8, 4) is 0 Å². The largest absolute Gasteiger partial charge is 0.327 e. The van der Waals surface area contributed by atoms with Crippen LogP contribution in [0.1, 0.15) is 33.1 Å². The van der Waals surface area contributed by atoms with Gasteiger partial charge in [-0.15, -0.1) is 0 Å². The van der Waals surface area contributed by atoms with Gasteiger partial charge in [0.05, 0.1) is 0 Å². The molecule has 0 radical (unpaired) electrons. The quantitative estimate of drug-likeness (QED) is 0.700. The highest BCUT2D eigenvalue weighted by molar-refractivity contribution is 5.10. The monoisotopic (exact) mass is 182 g/mol. The predicted molar refractivity (Wildman–Crippen MR) is 55.5 cm³/mol. The summed E-state index contributed by atoms with van der Waals surface area (Å²) in [5.74, 6) is 0.776. The zero-order valence-corrected chi connectivity index (χ0v) is 9.09. The molecule has 3 atom stereocenters. The first-order valence-corrected chi connectivity index (χ1v) is 5.49. The van der Waals surface area contributed by atoms with Gasteiger partial charge >= 0.3 is 0 Å². The molecule has 1 aliphatic heterocycles. The molecule has 2 fully saturated rings. The van der Waals surface area contributed by atoms with Crippen molar-refractivity contribution in [3.05, 3.63) is 0 Å². The SMILES string of the molecule is CN1CCCC1C[C@H]1[C@H](N)C1(C)C. The van der Waals surface area contributed by atoms with Gasteiger partial charge in [-0.1, -0.05) is 13.8 Å². The molecule has 2 heteroatoms. The Morgan fingerprint density at radius 2 is 2.08 bits per heavy atom. The fraction of sp³-hybridized carbons (Fsp3) is 1.00. The number of hydrogen-bond donors (Lipinski definition) is 1. The third-order valence-corrected chi connectivity index (χ3v) is 4.34. The lowest BCUT2D eigenvalue weighted by Crippen LogP contribution is -2.26. The van der Waals surface area contributed by atoms with Gasteiger partial charge in [-0.05, 0) is 44.2 Å². The van der Waals surface area contributed by atoms with Crippen LogP contribution in [-0.4, -0.2) is 30.6 Å². The van der Waals surface area contributed by atoms with Gasteiger partial charge in [-0.25, -0.2) is 0 Å². The van der Waals surface area contributed by atoms with Crippen LogP contribution >= 0.6 is 0 Å². The van der Waals surface area contributed by atoms with E-state index in [0.717, 1.165) is 12.0 Å². The maximum atomic E-state index is 6.05. The highest BCUT2D eigenvalue weighted by Gasteiger charge is 2.55. The maximum absolute atomic E-state index is 6.05. The molecule has 0 aromatic rings. The van der Waals surface area contributed by atoms with Crippen molar-refractivity contribution in [1.29, 1.82) is 0 Å². The van der Waals surface area contributed by atoms with Gasteiger partial charge < -0.3 is 10.6 Å². The molecule has 2 nitrogen and oxygen atoms in total. The summed E-state index contributed by atoms with van der Waals surface area (Å²) in [7, 11) is 2.25. The van der Waals surface area contributed by atoms with E-state index in [4.69, 9.17) is 5.73 Å². The third-order valence-electron chi connectivity index (χ3n) is 4.34. The highest BCUT2D eigenvalue weighted by Crippen LogP contribution is 2.53. The predicted octanol–water partition coefficient (Wildman–Crippen LogP) is 1.45. The highest BCUT2D eigenvalue weighted by atomic mass is 15.1. The summed E-state index contributed by atoms with van der Waals surface area (Å²) < 4.78 is 0. The van der Waals surface area contributed by atoms with Gasteiger partial charge in [0.2, 0.25) is 0 Å². The molecule has 0 spiro atoms. The van der Waals surface area contributed by atoms with Gasteiger partial charge in [-0.3, -0.25) is 0 Å². The lowest BCUT2D eigenvalue weighted by Gasteiger charge is -2.19. The van der Waals surface area contributed by atoms with E-state index >= 15 is 0 Å². The first-order chi connectivity index (χ1) is 6.03. The van der Waals surface area contributed by atoms with Crippen molar-refractivity contribution in [2.24, 2.45) is 17.1 Å². The molecule has 2 N–H and O–H groups in total. The van der Waals surface area contributed by atoms with Crippen LogP contribution in [0.15, 0.2) is 0 Å². The van der Waals surface area contributed by atoms with Gasteiger partial charge in [-0.2, -0.15) is 0 Å². The van der Waals surface area contributed by atoms with E-state index < -0.39 is 0 Å². The summed E-state index contributed by atoms with van der Waals surface area (Å²) in [6.45, 7) is 5.89. The first-order valence-electron chi connectivity index (χ1n) is 5.49. The first kappa shape index (κ1) is 9.47. The molecular formula is C11H22N2. The molecule has 2 rings (SSSR count). The second-order valence-electron chi connectivity index (χ2n) is 5.47. The Kier molecular flexibility index (Phi) is 2.16. The molecule has 0 aromatic carbocycles. The van der Waals surface area contributed by atoms with Crippen LogP contribution in [0.2, 0.25) is 0 Å². The Hall–Kier alpha value is -0.0800. The average molecular weight is 182 g/mol. The molecule has 76 valence electrons. The fourth-order valence-electron chi connectivity index (χ4n) is 2.81. The molecule has 0 bridgehead atoms. The molecule has 2 aliphatic rings. The van der Waals surface area contributed by atoms with Gasteiger partial charge in [0, 0.05) is 12.1 Å². The Bertz CT molecular complexity index is 196. The molecule has 1 saturated heterocycles. The Labute approximate surface area is 81.5 Å². The Morgan fingerprint density at radius 1 is 1.46 bits per heavy atom. The smallest absolute Gasteiger partial charge is 0.0128 e. The van der Waals surface area contributed by atoms with Crippen molar-refractivity contribution < 1.29 is 0 Å². The number of nitrogens with two attached hydrogens (primary N) is 1. The normalized spacial score (nSPS) is 43.8. The van der Waals surface area contributed by atoms with Gasteiger partial charge in [0.1, 0.15) is 0 Å². The van der Waals surface area contributed by atoms with Crippen molar-refractivity contribution in [1.82, 2.24) is 4.90 Å². The number of rotatable bonds is 2. The van der Waals surface area contributed by atoms with Crippen LogP contribution in [-0.2, 0) is 0 Å². The van der Waals surface area contributed by atoms with Crippen LogP contribution in [0.4, 0.5) is 0 Å². The van der Waals surface area contributed by atoms with Crippen molar-refractivity contribution in [2.75, 3.05) is 13.6 Å². The van der Waals surface area contributed by atoms with Crippen LogP contribution in [0, 0.1) is 11.3 Å². The maximum Gasteiger partial charge on any atom is 0.0128 e. The second-order valence-corrected chi connectivity index (χ2v) is 5.47. The van der Waals surface area contributed by atoms with E-state index in [1.54, 1.807) is 0 Å². The molecular weight excluding hydrogens is 160 g/mol. The third kappa shape index (κ3) is 1.50. The number of nitrogens with zero attached hydrogens (tertiary/aromatic N) is 1. The summed E-state index contributed by atoms with van der Waals surface area (Å²) in [4.78, 5) is 2.50. The number of likely N-dealkylation sites (tertiary alicyclic amines) is 1. The number of hydrogen-bond acceptors (Lipinski definition) is 2. The molecule has 1 unspecified atom stereocenters. The van der Waals surface area contributed by atoms with E-state index in [1.165, 1.54) is 25.8 Å². The Morgan fingerprint density at radius 3 is 2.46 bits per heavy atom. The van der Waals surface area contributed by atoms with Crippen molar-refractivity contribution in [2.45, 2.75) is 45.2 Å². The van der Waals surface area contributed by atoms with E-state index in [-0.39, 0.29) is 0 Å². The summed E-state index contributed by atoms with van der Waals surface area (Å²) in [6.07, 6.45) is 4.09. The van der Waals surface area contributed by atoms with E-state index in [0.29, 0.717) is 11.5 Å².